The van der Waals surface area contributed by atoms with E-state index in [9.17, 15) is 4.79 Å². The highest BCUT2D eigenvalue weighted by Crippen LogP contribution is 2.29. The average Bonchev–Trinajstić information content (AvgIpc) is 2.90. The molecule has 2 aliphatic rings. The van der Waals surface area contributed by atoms with Crippen molar-refractivity contribution in [2.75, 3.05) is 37.7 Å². The molecule has 2 heterocycles. The first-order valence-electron chi connectivity index (χ1n) is 7.59. The van der Waals surface area contributed by atoms with Gasteiger partial charge in [-0.05, 0) is 11.6 Å². The lowest BCUT2D eigenvalue weighted by Crippen LogP contribution is -2.36. The Morgan fingerprint density at radius 2 is 2.05 bits per heavy atom. The van der Waals surface area contributed by atoms with E-state index in [0.29, 0.717) is 6.42 Å². The lowest BCUT2D eigenvalue weighted by Gasteiger charge is -2.28. The summed E-state index contributed by atoms with van der Waals surface area (Å²) in [5, 5.41) is 0. The number of carbonyl (C=O) groups is 1. The Labute approximate surface area is 126 Å². The maximum Gasteiger partial charge on any atom is 0.227 e. The minimum atomic E-state index is 0.203. The van der Waals surface area contributed by atoms with Crippen molar-refractivity contribution < 1.29 is 9.53 Å². The molecule has 21 heavy (non-hydrogen) atoms. The zero-order chi connectivity index (χ0) is 14.7. The number of anilines is 1. The predicted molar refractivity (Wildman–Crippen MR) is 83.2 cm³/mol. The van der Waals surface area contributed by atoms with Gasteiger partial charge >= 0.3 is 0 Å². The van der Waals surface area contributed by atoms with E-state index in [1.54, 1.807) is 0 Å². The van der Waals surface area contributed by atoms with Gasteiger partial charge in [0, 0.05) is 44.2 Å². The standard InChI is InChI=1S/C17H22N2O2/c1-2-14-11-17(20)19(12-14)16-6-4-3-5-15(16)13-18-7-9-21-10-8-18/h2-6,14H,1,7-13H2. The Hall–Kier alpha value is -1.65. The van der Waals surface area contributed by atoms with E-state index < -0.39 is 0 Å². The molecule has 0 aromatic heterocycles. The summed E-state index contributed by atoms with van der Waals surface area (Å²) in [7, 11) is 0. The number of amides is 1. The van der Waals surface area contributed by atoms with Crippen LogP contribution >= 0.6 is 0 Å². The molecule has 1 amide bonds. The summed E-state index contributed by atoms with van der Waals surface area (Å²) in [6.07, 6.45) is 2.47. The first kappa shape index (κ1) is 14.3. The zero-order valence-corrected chi connectivity index (χ0v) is 12.3. The topological polar surface area (TPSA) is 32.8 Å². The van der Waals surface area contributed by atoms with Gasteiger partial charge < -0.3 is 9.64 Å². The molecule has 1 atom stereocenters. The number of nitrogens with zero attached hydrogens (tertiary/aromatic N) is 2. The molecule has 1 aromatic carbocycles. The molecule has 0 spiro atoms. The third-order valence-electron chi connectivity index (χ3n) is 4.27. The van der Waals surface area contributed by atoms with Crippen molar-refractivity contribution >= 4 is 11.6 Å². The highest BCUT2D eigenvalue weighted by atomic mass is 16.5. The molecule has 4 heteroatoms. The molecule has 0 aliphatic carbocycles. The molecular formula is C17H22N2O2. The number of hydrogen-bond acceptors (Lipinski definition) is 3. The smallest absolute Gasteiger partial charge is 0.227 e. The van der Waals surface area contributed by atoms with E-state index in [-0.39, 0.29) is 11.8 Å². The molecule has 2 saturated heterocycles. The van der Waals surface area contributed by atoms with Gasteiger partial charge in [-0.1, -0.05) is 24.3 Å². The van der Waals surface area contributed by atoms with Crippen molar-refractivity contribution in [1.29, 1.82) is 0 Å². The van der Waals surface area contributed by atoms with Crippen LogP contribution in [-0.4, -0.2) is 43.7 Å². The van der Waals surface area contributed by atoms with Gasteiger partial charge in [-0.3, -0.25) is 9.69 Å². The van der Waals surface area contributed by atoms with Gasteiger partial charge in [0.25, 0.3) is 0 Å². The van der Waals surface area contributed by atoms with Crippen LogP contribution in [0.3, 0.4) is 0 Å². The summed E-state index contributed by atoms with van der Waals surface area (Å²) in [4.78, 5) is 16.5. The fourth-order valence-corrected chi connectivity index (χ4v) is 3.03. The van der Waals surface area contributed by atoms with Crippen molar-refractivity contribution in [1.82, 2.24) is 4.90 Å². The molecule has 0 saturated carbocycles. The van der Waals surface area contributed by atoms with Crippen LogP contribution < -0.4 is 4.90 Å². The van der Waals surface area contributed by atoms with Crippen LogP contribution in [0.15, 0.2) is 36.9 Å². The molecular weight excluding hydrogens is 264 g/mol. The van der Waals surface area contributed by atoms with E-state index >= 15 is 0 Å². The molecule has 2 aliphatic heterocycles. The van der Waals surface area contributed by atoms with Gasteiger partial charge in [0.1, 0.15) is 0 Å². The molecule has 0 radical (unpaired) electrons. The molecule has 2 fully saturated rings. The number of rotatable bonds is 4. The van der Waals surface area contributed by atoms with Gasteiger partial charge in [0.2, 0.25) is 5.91 Å². The van der Waals surface area contributed by atoms with Crippen LogP contribution in [-0.2, 0) is 16.1 Å². The Balaban J connectivity index is 1.79. The van der Waals surface area contributed by atoms with Crippen molar-refractivity contribution in [2.45, 2.75) is 13.0 Å². The van der Waals surface area contributed by atoms with E-state index in [2.05, 4.69) is 23.6 Å². The minimum Gasteiger partial charge on any atom is -0.379 e. The maximum absolute atomic E-state index is 12.2. The third kappa shape index (κ3) is 3.17. The summed E-state index contributed by atoms with van der Waals surface area (Å²) < 4.78 is 5.40. The van der Waals surface area contributed by atoms with Crippen LogP contribution in [0, 0.1) is 5.92 Å². The second kappa shape index (κ2) is 6.41. The van der Waals surface area contributed by atoms with E-state index in [0.717, 1.165) is 45.1 Å². The molecule has 4 nitrogen and oxygen atoms in total. The van der Waals surface area contributed by atoms with Crippen LogP contribution in [0.4, 0.5) is 5.69 Å². The summed E-state index contributed by atoms with van der Waals surface area (Å²) in [5.74, 6) is 0.475. The maximum atomic E-state index is 12.2. The number of carbonyl (C=O) groups excluding carboxylic acids is 1. The number of hydrogen-bond donors (Lipinski definition) is 0. The summed E-state index contributed by atoms with van der Waals surface area (Å²) in [6, 6.07) is 8.23. The largest absolute Gasteiger partial charge is 0.379 e. The molecule has 3 rings (SSSR count). The monoisotopic (exact) mass is 286 g/mol. The van der Waals surface area contributed by atoms with Gasteiger partial charge in [-0.15, -0.1) is 6.58 Å². The summed E-state index contributed by atoms with van der Waals surface area (Å²) >= 11 is 0. The lowest BCUT2D eigenvalue weighted by atomic mass is 10.1. The first-order chi connectivity index (χ1) is 10.3. The van der Waals surface area contributed by atoms with Crippen molar-refractivity contribution in [3.63, 3.8) is 0 Å². The quantitative estimate of drug-likeness (QED) is 0.794. The second-order valence-electron chi connectivity index (χ2n) is 5.72. The van der Waals surface area contributed by atoms with Gasteiger partial charge in [-0.2, -0.15) is 0 Å². The van der Waals surface area contributed by atoms with E-state index in [1.165, 1.54) is 5.56 Å². The Morgan fingerprint density at radius 3 is 2.76 bits per heavy atom. The molecule has 112 valence electrons. The Bertz CT molecular complexity index is 523. The fourth-order valence-electron chi connectivity index (χ4n) is 3.03. The Kier molecular flexibility index (Phi) is 4.36. The highest BCUT2D eigenvalue weighted by molar-refractivity contribution is 5.96. The van der Waals surface area contributed by atoms with Gasteiger partial charge in [-0.25, -0.2) is 0 Å². The third-order valence-corrected chi connectivity index (χ3v) is 4.27. The molecule has 1 aromatic rings. The van der Waals surface area contributed by atoms with Crippen molar-refractivity contribution in [2.24, 2.45) is 5.92 Å². The highest BCUT2D eigenvalue weighted by Gasteiger charge is 2.30. The van der Waals surface area contributed by atoms with E-state index in [1.807, 2.05) is 23.1 Å². The van der Waals surface area contributed by atoms with Crippen LogP contribution in [0.2, 0.25) is 0 Å². The summed E-state index contributed by atoms with van der Waals surface area (Å²) in [6.45, 7) is 8.95. The molecule has 0 bridgehead atoms. The van der Waals surface area contributed by atoms with Crippen molar-refractivity contribution in [3.8, 4) is 0 Å². The number of morpholine rings is 1. The second-order valence-corrected chi connectivity index (χ2v) is 5.72. The fraction of sp³-hybridized carbons (Fsp3) is 0.471. The summed E-state index contributed by atoms with van der Waals surface area (Å²) in [5.41, 5.74) is 2.27. The zero-order valence-electron chi connectivity index (χ0n) is 12.3. The van der Waals surface area contributed by atoms with E-state index in [4.69, 9.17) is 4.74 Å². The van der Waals surface area contributed by atoms with Crippen molar-refractivity contribution in [3.05, 3.63) is 42.5 Å². The van der Waals surface area contributed by atoms with Crippen LogP contribution in [0.25, 0.3) is 0 Å². The molecule has 0 N–H and O–H groups in total. The number of benzene rings is 1. The number of ether oxygens (including phenoxy) is 1. The predicted octanol–water partition coefficient (Wildman–Crippen LogP) is 2.06. The Morgan fingerprint density at radius 1 is 1.29 bits per heavy atom. The van der Waals surface area contributed by atoms with Crippen LogP contribution in [0.5, 0.6) is 0 Å². The average molecular weight is 286 g/mol. The number of para-hydroxylation sites is 1. The molecule has 1 unspecified atom stereocenters. The van der Waals surface area contributed by atoms with Crippen LogP contribution in [0.1, 0.15) is 12.0 Å². The normalized spacial score (nSPS) is 23.5. The first-order valence-corrected chi connectivity index (χ1v) is 7.59. The minimum absolute atomic E-state index is 0.203. The lowest BCUT2D eigenvalue weighted by molar-refractivity contribution is -0.117. The SMILES string of the molecule is C=CC1CC(=O)N(c2ccccc2CN2CCOCC2)C1. The van der Waals surface area contributed by atoms with Gasteiger partial charge in [0.05, 0.1) is 13.2 Å². The van der Waals surface area contributed by atoms with Gasteiger partial charge in [0.15, 0.2) is 0 Å².